The van der Waals surface area contributed by atoms with Crippen molar-refractivity contribution in [2.75, 3.05) is 29.0 Å². The fraction of sp³-hybridized carbons (Fsp3) is 0.429. The molecule has 1 aliphatic heterocycles. The Bertz CT molecular complexity index is 863. The molecule has 0 radical (unpaired) electrons. The van der Waals surface area contributed by atoms with Crippen LogP contribution in [0.4, 0.5) is 11.4 Å². The van der Waals surface area contributed by atoms with Crippen LogP contribution in [-0.4, -0.2) is 27.8 Å². The number of rotatable bonds is 8. The Labute approximate surface area is 162 Å². The van der Waals surface area contributed by atoms with Gasteiger partial charge in [0.05, 0.1) is 11.4 Å². The second kappa shape index (κ2) is 8.65. The summed E-state index contributed by atoms with van der Waals surface area (Å²) in [7, 11) is -1.21. The van der Waals surface area contributed by atoms with E-state index in [1.54, 1.807) is 24.3 Å². The number of fused-ring (bicyclic) bond motifs is 1. The van der Waals surface area contributed by atoms with E-state index in [0.29, 0.717) is 17.9 Å². The van der Waals surface area contributed by atoms with Crippen LogP contribution in [0.3, 0.4) is 0 Å². The van der Waals surface area contributed by atoms with Gasteiger partial charge in [0.15, 0.2) is 5.75 Å². The Balaban J connectivity index is 1.68. The number of para-hydroxylation sites is 1. The van der Waals surface area contributed by atoms with Gasteiger partial charge < -0.3 is 9.64 Å². The highest BCUT2D eigenvalue weighted by Crippen LogP contribution is 2.38. The standard InChI is InChI=1S/C21H28N2O3S/c1-3-4-5-16-27(24,25)22-18-11-13-19(14-12-18)26-20-10-6-8-17-9-7-15-23(2)21(17)20/h6,8,10-14,22H,3-5,7,9,15-16H2,1-2H3. The highest BCUT2D eigenvalue weighted by Gasteiger charge is 2.18. The van der Waals surface area contributed by atoms with Crippen LogP contribution in [0.2, 0.25) is 0 Å². The SMILES string of the molecule is CCCCCS(=O)(=O)Nc1ccc(Oc2cccc3c2N(C)CCC3)cc1. The van der Waals surface area contributed by atoms with E-state index < -0.39 is 10.0 Å². The molecule has 0 unspecified atom stereocenters. The van der Waals surface area contributed by atoms with Gasteiger partial charge in [0.2, 0.25) is 10.0 Å². The van der Waals surface area contributed by atoms with E-state index in [1.165, 1.54) is 5.56 Å². The first kappa shape index (κ1) is 19.5. The van der Waals surface area contributed by atoms with Crippen molar-refractivity contribution in [2.45, 2.75) is 39.0 Å². The van der Waals surface area contributed by atoms with Crippen LogP contribution >= 0.6 is 0 Å². The van der Waals surface area contributed by atoms with Crippen molar-refractivity contribution < 1.29 is 13.2 Å². The number of aryl methyl sites for hydroxylation is 1. The first-order valence-electron chi connectivity index (χ1n) is 9.60. The molecule has 0 aromatic heterocycles. The molecule has 0 saturated heterocycles. The third kappa shape index (κ3) is 5.16. The van der Waals surface area contributed by atoms with Crippen LogP contribution in [0.25, 0.3) is 0 Å². The predicted molar refractivity (Wildman–Crippen MR) is 111 cm³/mol. The summed E-state index contributed by atoms with van der Waals surface area (Å²) in [5.74, 6) is 1.68. The molecule has 3 rings (SSSR count). The number of anilines is 2. The van der Waals surface area contributed by atoms with Crippen LogP contribution in [0.5, 0.6) is 11.5 Å². The Morgan fingerprint density at radius 1 is 1.11 bits per heavy atom. The molecule has 0 atom stereocenters. The van der Waals surface area contributed by atoms with Crippen LogP contribution < -0.4 is 14.4 Å². The van der Waals surface area contributed by atoms with Gasteiger partial charge in [0.1, 0.15) is 5.75 Å². The molecular weight excluding hydrogens is 360 g/mol. The predicted octanol–water partition coefficient (Wildman–Crippen LogP) is 4.79. The summed E-state index contributed by atoms with van der Waals surface area (Å²) >= 11 is 0. The van der Waals surface area contributed by atoms with Crippen molar-refractivity contribution in [3.63, 3.8) is 0 Å². The smallest absolute Gasteiger partial charge is 0.232 e. The van der Waals surface area contributed by atoms with Crippen molar-refractivity contribution in [1.29, 1.82) is 0 Å². The van der Waals surface area contributed by atoms with E-state index in [2.05, 4.69) is 29.7 Å². The number of ether oxygens (including phenoxy) is 1. The molecule has 0 fully saturated rings. The van der Waals surface area contributed by atoms with Gasteiger partial charge in [-0.1, -0.05) is 31.9 Å². The minimum Gasteiger partial charge on any atom is -0.455 e. The van der Waals surface area contributed by atoms with Gasteiger partial charge in [-0.15, -0.1) is 0 Å². The number of nitrogens with zero attached hydrogens (tertiary/aromatic N) is 1. The van der Waals surface area contributed by atoms with Gasteiger partial charge >= 0.3 is 0 Å². The van der Waals surface area contributed by atoms with E-state index in [4.69, 9.17) is 4.74 Å². The third-order valence-corrected chi connectivity index (χ3v) is 6.15. The minimum atomic E-state index is -3.30. The van der Waals surface area contributed by atoms with Crippen LogP contribution in [0, 0.1) is 0 Å². The van der Waals surface area contributed by atoms with Gasteiger partial charge in [-0.3, -0.25) is 4.72 Å². The summed E-state index contributed by atoms with van der Waals surface area (Å²) in [6, 6.07) is 13.2. The van der Waals surface area contributed by atoms with Crippen LogP contribution in [-0.2, 0) is 16.4 Å². The van der Waals surface area contributed by atoms with E-state index in [9.17, 15) is 8.42 Å². The molecule has 6 heteroatoms. The molecular formula is C21H28N2O3S. The minimum absolute atomic E-state index is 0.154. The fourth-order valence-electron chi connectivity index (χ4n) is 3.39. The molecule has 0 amide bonds. The number of hydrogen-bond donors (Lipinski definition) is 1. The zero-order valence-electron chi connectivity index (χ0n) is 16.1. The Kier molecular flexibility index (Phi) is 6.26. The molecule has 1 N–H and O–H groups in total. The molecule has 5 nitrogen and oxygen atoms in total. The summed E-state index contributed by atoms with van der Waals surface area (Å²) in [5, 5.41) is 0. The lowest BCUT2D eigenvalue weighted by molar-refractivity contribution is 0.479. The highest BCUT2D eigenvalue weighted by atomic mass is 32.2. The average Bonchev–Trinajstić information content (AvgIpc) is 2.63. The quantitative estimate of drug-likeness (QED) is 0.660. The molecule has 0 bridgehead atoms. The van der Waals surface area contributed by atoms with E-state index in [-0.39, 0.29) is 5.75 Å². The number of hydrogen-bond acceptors (Lipinski definition) is 4. The zero-order chi connectivity index (χ0) is 19.3. The number of unbranched alkanes of at least 4 members (excludes halogenated alkanes) is 2. The van der Waals surface area contributed by atoms with E-state index in [1.807, 2.05) is 12.1 Å². The maximum atomic E-state index is 12.1. The van der Waals surface area contributed by atoms with Crippen molar-refractivity contribution in [1.82, 2.24) is 0 Å². The number of nitrogens with one attached hydrogen (secondary N) is 1. The average molecular weight is 389 g/mol. The molecule has 0 aliphatic carbocycles. The Hall–Kier alpha value is -2.21. The molecule has 0 spiro atoms. The summed E-state index contributed by atoms with van der Waals surface area (Å²) in [5.41, 5.74) is 3.01. The monoisotopic (exact) mass is 388 g/mol. The molecule has 1 aliphatic rings. The van der Waals surface area contributed by atoms with Gasteiger partial charge in [0, 0.05) is 19.3 Å². The highest BCUT2D eigenvalue weighted by molar-refractivity contribution is 7.92. The Morgan fingerprint density at radius 2 is 1.89 bits per heavy atom. The fourth-order valence-corrected chi connectivity index (χ4v) is 4.58. The summed E-state index contributed by atoms with van der Waals surface area (Å²) in [4.78, 5) is 2.23. The van der Waals surface area contributed by atoms with Crippen LogP contribution in [0.15, 0.2) is 42.5 Å². The van der Waals surface area contributed by atoms with E-state index in [0.717, 1.165) is 43.7 Å². The second-order valence-corrected chi connectivity index (χ2v) is 8.89. The molecule has 1 heterocycles. The van der Waals surface area contributed by atoms with Crippen molar-refractivity contribution in [3.05, 3.63) is 48.0 Å². The van der Waals surface area contributed by atoms with Gasteiger partial charge in [0.25, 0.3) is 0 Å². The molecule has 0 saturated carbocycles. The van der Waals surface area contributed by atoms with Crippen molar-refractivity contribution >= 4 is 21.4 Å². The second-order valence-electron chi connectivity index (χ2n) is 7.04. The van der Waals surface area contributed by atoms with Crippen molar-refractivity contribution in [3.8, 4) is 11.5 Å². The first-order valence-corrected chi connectivity index (χ1v) is 11.2. The first-order chi connectivity index (χ1) is 13.0. The normalized spacial score (nSPS) is 13.9. The van der Waals surface area contributed by atoms with Gasteiger partial charge in [-0.2, -0.15) is 0 Å². The van der Waals surface area contributed by atoms with Crippen molar-refractivity contribution in [2.24, 2.45) is 0 Å². The molecule has 2 aromatic carbocycles. The maximum absolute atomic E-state index is 12.1. The third-order valence-electron chi connectivity index (χ3n) is 4.78. The Morgan fingerprint density at radius 3 is 2.63 bits per heavy atom. The number of sulfonamides is 1. The topological polar surface area (TPSA) is 58.6 Å². The lowest BCUT2D eigenvalue weighted by Gasteiger charge is -2.29. The zero-order valence-corrected chi connectivity index (χ0v) is 16.9. The molecule has 146 valence electrons. The largest absolute Gasteiger partial charge is 0.455 e. The lowest BCUT2D eigenvalue weighted by Crippen LogP contribution is -2.25. The lowest BCUT2D eigenvalue weighted by atomic mass is 10.0. The summed E-state index contributed by atoms with van der Waals surface area (Å²) < 4.78 is 32.9. The molecule has 2 aromatic rings. The maximum Gasteiger partial charge on any atom is 0.232 e. The molecule has 27 heavy (non-hydrogen) atoms. The van der Waals surface area contributed by atoms with E-state index >= 15 is 0 Å². The summed E-state index contributed by atoms with van der Waals surface area (Å²) in [6.45, 7) is 3.08. The van der Waals surface area contributed by atoms with Gasteiger partial charge in [-0.25, -0.2) is 8.42 Å². The summed E-state index contributed by atoms with van der Waals surface area (Å²) in [6.07, 6.45) is 4.82. The van der Waals surface area contributed by atoms with Crippen LogP contribution in [0.1, 0.15) is 38.2 Å². The number of benzene rings is 2. The van der Waals surface area contributed by atoms with Gasteiger partial charge in [-0.05, 0) is 55.2 Å².